The SMILES string of the molecule is C=CC(=O)OCCCCOc1ccc(C(=O)Oc2ccc(C(CC)=NN=C(CC)c3ccc(OC(=O)c4ccc(Cl)cc4)cc3)cc2)cc1. The van der Waals surface area contributed by atoms with Gasteiger partial charge in [0.05, 0.1) is 35.8 Å². The number of carbonyl (C=O) groups excluding carboxylic acids is 3. The smallest absolute Gasteiger partial charge is 0.343 e. The predicted molar refractivity (Wildman–Crippen MR) is 190 cm³/mol. The van der Waals surface area contributed by atoms with Gasteiger partial charge in [0, 0.05) is 11.1 Å². The molecule has 9 nitrogen and oxygen atoms in total. The van der Waals surface area contributed by atoms with Crippen molar-refractivity contribution in [3.05, 3.63) is 137 Å². The van der Waals surface area contributed by atoms with E-state index in [4.69, 9.17) is 30.5 Å². The zero-order chi connectivity index (χ0) is 35.0. The maximum atomic E-state index is 12.7. The number of hydrogen-bond donors (Lipinski definition) is 0. The fourth-order valence-electron chi connectivity index (χ4n) is 4.45. The maximum Gasteiger partial charge on any atom is 0.343 e. The van der Waals surface area contributed by atoms with Gasteiger partial charge in [-0.2, -0.15) is 10.2 Å². The minimum atomic E-state index is -0.490. The van der Waals surface area contributed by atoms with Gasteiger partial charge in [-0.1, -0.05) is 32.0 Å². The first-order valence-corrected chi connectivity index (χ1v) is 16.2. The summed E-state index contributed by atoms with van der Waals surface area (Å²) in [6, 6.07) is 27.4. The first-order chi connectivity index (χ1) is 23.8. The van der Waals surface area contributed by atoms with Gasteiger partial charge in [-0.3, -0.25) is 0 Å². The third-order valence-electron chi connectivity index (χ3n) is 7.15. The maximum absolute atomic E-state index is 12.7. The normalized spacial score (nSPS) is 11.4. The molecule has 4 aromatic rings. The quantitative estimate of drug-likeness (QED) is 0.0291. The molecule has 0 unspecified atom stereocenters. The summed E-state index contributed by atoms with van der Waals surface area (Å²) >= 11 is 5.90. The summed E-state index contributed by atoms with van der Waals surface area (Å²) in [7, 11) is 0. The van der Waals surface area contributed by atoms with Crippen LogP contribution in [0.3, 0.4) is 0 Å². The molecule has 4 rings (SSSR count). The zero-order valence-electron chi connectivity index (χ0n) is 27.4. The van der Waals surface area contributed by atoms with Crippen molar-refractivity contribution >= 4 is 40.9 Å². The Kier molecular flexibility index (Phi) is 13.9. The van der Waals surface area contributed by atoms with Crippen LogP contribution in [0.5, 0.6) is 17.2 Å². The van der Waals surface area contributed by atoms with Crippen molar-refractivity contribution in [2.75, 3.05) is 13.2 Å². The summed E-state index contributed by atoms with van der Waals surface area (Å²) in [5.41, 5.74) is 4.05. The third kappa shape index (κ3) is 11.3. The van der Waals surface area contributed by atoms with E-state index < -0.39 is 17.9 Å². The Bertz CT molecular complexity index is 1780. The molecule has 0 bridgehead atoms. The van der Waals surface area contributed by atoms with Crippen molar-refractivity contribution in [2.45, 2.75) is 39.5 Å². The van der Waals surface area contributed by atoms with Crippen molar-refractivity contribution in [3.8, 4) is 17.2 Å². The number of hydrogen-bond acceptors (Lipinski definition) is 9. The van der Waals surface area contributed by atoms with Crippen molar-refractivity contribution in [1.29, 1.82) is 0 Å². The first kappa shape index (κ1) is 36.3. The van der Waals surface area contributed by atoms with E-state index in [9.17, 15) is 14.4 Å². The molecule has 0 amide bonds. The second kappa shape index (κ2) is 18.7. The molecule has 0 aliphatic heterocycles. The highest BCUT2D eigenvalue weighted by Crippen LogP contribution is 2.20. The molecule has 0 saturated heterocycles. The minimum absolute atomic E-state index is 0.311. The van der Waals surface area contributed by atoms with Crippen LogP contribution in [0.15, 0.2) is 120 Å². The molecule has 4 aromatic carbocycles. The number of nitrogens with zero attached hydrogens (tertiary/aromatic N) is 2. The van der Waals surface area contributed by atoms with E-state index in [1.165, 1.54) is 0 Å². The summed E-state index contributed by atoms with van der Waals surface area (Å²) in [5, 5.41) is 9.61. The molecule has 0 atom stereocenters. The molecule has 10 heteroatoms. The molecule has 0 saturated carbocycles. The lowest BCUT2D eigenvalue weighted by atomic mass is 10.1. The number of halogens is 1. The zero-order valence-corrected chi connectivity index (χ0v) is 28.2. The average Bonchev–Trinajstić information content (AvgIpc) is 3.13. The molecule has 0 spiro atoms. The van der Waals surface area contributed by atoms with Gasteiger partial charge < -0.3 is 18.9 Å². The van der Waals surface area contributed by atoms with Crippen LogP contribution in [-0.4, -0.2) is 42.5 Å². The van der Waals surface area contributed by atoms with Crippen LogP contribution in [0.4, 0.5) is 0 Å². The van der Waals surface area contributed by atoms with Crippen LogP contribution in [0.1, 0.15) is 71.4 Å². The van der Waals surface area contributed by atoms with Gasteiger partial charge in [0.15, 0.2) is 0 Å². The molecule has 49 heavy (non-hydrogen) atoms. The van der Waals surface area contributed by atoms with Gasteiger partial charge >= 0.3 is 17.9 Å². The highest BCUT2D eigenvalue weighted by atomic mass is 35.5. The van der Waals surface area contributed by atoms with Crippen LogP contribution in [0.2, 0.25) is 5.02 Å². The van der Waals surface area contributed by atoms with E-state index in [0.29, 0.717) is 72.3 Å². The molecular weight excluding hydrogens is 644 g/mol. The van der Waals surface area contributed by atoms with Gasteiger partial charge in [0.25, 0.3) is 0 Å². The lowest BCUT2D eigenvalue weighted by Gasteiger charge is -2.09. The second-order valence-electron chi connectivity index (χ2n) is 10.6. The van der Waals surface area contributed by atoms with Crippen molar-refractivity contribution < 1.29 is 33.3 Å². The summed E-state index contributed by atoms with van der Waals surface area (Å²) in [4.78, 5) is 36.2. The molecule has 0 N–H and O–H groups in total. The van der Waals surface area contributed by atoms with E-state index in [2.05, 4.69) is 16.8 Å². The van der Waals surface area contributed by atoms with E-state index in [-0.39, 0.29) is 0 Å². The van der Waals surface area contributed by atoms with Gasteiger partial charge in [0.2, 0.25) is 0 Å². The van der Waals surface area contributed by atoms with E-state index >= 15 is 0 Å². The summed E-state index contributed by atoms with van der Waals surface area (Å²) in [6.07, 6.45) is 3.79. The van der Waals surface area contributed by atoms with E-state index in [1.807, 2.05) is 38.1 Å². The van der Waals surface area contributed by atoms with Crippen molar-refractivity contribution in [3.63, 3.8) is 0 Å². The van der Waals surface area contributed by atoms with E-state index in [1.54, 1.807) is 72.8 Å². The van der Waals surface area contributed by atoms with Crippen LogP contribution < -0.4 is 14.2 Å². The Labute approximate surface area is 290 Å². The highest BCUT2D eigenvalue weighted by molar-refractivity contribution is 6.30. The Balaban J connectivity index is 1.30. The van der Waals surface area contributed by atoms with Gasteiger partial charge in [0.1, 0.15) is 17.2 Å². The fourth-order valence-corrected chi connectivity index (χ4v) is 4.57. The molecule has 0 fully saturated rings. The third-order valence-corrected chi connectivity index (χ3v) is 7.40. The van der Waals surface area contributed by atoms with Crippen molar-refractivity contribution in [2.24, 2.45) is 10.2 Å². The molecule has 0 aromatic heterocycles. The Hall–Kier alpha value is -5.54. The predicted octanol–water partition coefficient (Wildman–Crippen LogP) is 8.68. The molecule has 0 heterocycles. The van der Waals surface area contributed by atoms with Gasteiger partial charge in [-0.05, 0) is 134 Å². The summed E-state index contributed by atoms with van der Waals surface area (Å²) in [5.74, 6) is 0.0356. The van der Waals surface area contributed by atoms with Crippen LogP contribution in [0, 0.1) is 0 Å². The summed E-state index contributed by atoms with van der Waals surface area (Å²) < 4.78 is 21.7. The topological polar surface area (TPSA) is 113 Å². The van der Waals surface area contributed by atoms with Crippen LogP contribution in [0.25, 0.3) is 0 Å². The number of esters is 3. The van der Waals surface area contributed by atoms with Gasteiger partial charge in [-0.25, -0.2) is 14.4 Å². The van der Waals surface area contributed by atoms with Gasteiger partial charge in [-0.15, -0.1) is 0 Å². The van der Waals surface area contributed by atoms with Crippen LogP contribution in [-0.2, 0) is 9.53 Å². The van der Waals surface area contributed by atoms with Crippen molar-refractivity contribution in [1.82, 2.24) is 0 Å². The Morgan fingerprint density at radius 3 is 1.47 bits per heavy atom. The molecular formula is C39H37ClN2O7. The number of carbonyl (C=O) groups is 3. The fraction of sp³-hybridized carbons (Fsp3) is 0.205. The Morgan fingerprint density at radius 1 is 0.612 bits per heavy atom. The first-order valence-electron chi connectivity index (χ1n) is 15.9. The average molecular weight is 681 g/mol. The molecule has 0 aliphatic rings. The summed E-state index contributed by atoms with van der Waals surface area (Å²) in [6.45, 7) is 8.10. The standard InChI is InChI=1S/C39H37ClN2O7/c1-4-35(27-11-21-33(22-12-27)48-38(44)29-9-17-31(40)18-10-29)41-42-36(5-2)28-13-23-34(24-14-28)49-39(45)30-15-19-32(20-16-30)46-25-7-8-26-47-37(43)6-3/h6,9-24H,3-5,7-8,25-26H2,1-2H3. The molecule has 0 radical (unpaired) electrons. The highest BCUT2D eigenvalue weighted by Gasteiger charge is 2.12. The number of rotatable bonds is 16. The van der Waals surface area contributed by atoms with E-state index in [0.717, 1.165) is 28.6 Å². The Morgan fingerprint density at radius 2 is 1.02 bits per heavy atom. The molecule has 0 aliphatic carbocycles. The minimum Gasteiger partial charge on any atom is -0.494 e. The van der Waals surface area contributed by atoms with Crippen LogP contribution >= 0.6 is 11.6 Å². The lowest BCUT2D eigenvalue weighted by molar-refractivity contribution is -0.137. The monoisotopic (exact) mass is 680 g/mol. The largest absolute Gasteiger partial charge is 0.494 e. The molecule has 252 valence electrons. The lowest BCUT2D eigenvalue weighted by Crippen LogP contribution is -2.09. The number of unbranched alkanes of at least 4 members (excludes halogenated alkanes) is 1. The number of ether oxygens (including phenoxy) is 4. The number of benzene rings is 4. The second-order valence-corrected chi connectivity index (χ2v) is 11.0.